The highest BCUT2D eigenvalue weighted by Gasteiger charge is 2.41. The summed E-state index contributed by atoms with van der Waals surface area (Å²) in [7, 11) is 0. The van der Waals surface area contributed by atoms with Crippen molar-refractivity contribution in [3.63, 3.8) is 0 Å². The van der Waals surface area contributed by atoms with Gasteiger partial charge in [-0.2, -0.15) is 5.26 Å². The van der Waals surface area contributed by atoms with Crippen molar-refractivity contribution in [1.82, 2.24) is 20.9 Å². The van der Waals surface area contributed by atoms with Crippen LogP contribution < -0.4 is 21.3 Å². The summed E-state index contributed by atoms with van der Waals surface area (Å²) >= 11 is 0. The first kappa shape index (κ1) is 36.4. The molecule has 4 rings (SSSR count). The molecule has 0 spiro atoms. The molecule has 14 nitrogen and oxygen atoms in total. The first-order valence-corrected chi connectivity index (χ1v) is 16.3. The zero-order valence-electron chi connectivity index (χ0n) is 27.7. The zero-order valence-corrected chi connectivity index (χ0v) is 27.7. The molecule has 2 aliphatic heterocycles. The Kier molecular flexibility index (Phi) is 12.0. The third-order valence-corrected chi connectivity index (χ3v) is 8.74. The number of carbonyl (C=O) groups excluding carboxylic acids is 4. The van der Waals surface area contributed by atoms with Crippen LogP contribution in [0.4, 0.5) is 5.69 Å². The van der Waals surface area contributed by atoms with E-state index in [1.54, 1.807) is 32.0 Å². The number of carboxylic acids is 2. The number of aryl methyl sites for hydroxylation is 1. The number of benzene rings is 2. The molecule has 0 saturated carbocycles. The standard InChI is InChI=1S/C35H42N6O8/c1-19(2)30(40-32(46)26(9-6-10-28(42)43)39-33(47)27-16-22-7-4-5-8-25(22)38-27)35(49)41-14-13-21-15-20(3)11-12-24(21)31(41)34(48)37-23(18-36)17-29(44)45/h4-5,7-8,11-12,15,19,23,26-27,30-31,38H,6,9-10,13-14,16-17H2,1-3H3,(H,37,48)(H,39,47)(H,40,46)(H,42,43)(H,44,45)/t23-,26-,27-,30-,31-/m0/s1. The number of nitriles is 1. The Hall–Kier alpha value is -5.45. The van der Waals surface area contributed by atoms with Crippen molar-refractivity contribution in [2.45, 2.75) is 89.5 Å². The molecule has 4 amide bonds. The van der Waals surface area contributed by atoms with Gasteiger partial charge < -0.3 is 36.4 Å². The molecule has 0 saturated heterocycles. The predicted octanol–water partition coefficient (Wildman–Crippen LogP) is 1.82. The molecule has 0 bridgehead atoms. The molecule has 2 aromatic carbocycles. The average Bonchev–Trinajstić information content (AvgIpc) is 3.49. The lowest BCUT2D eigenvalue weighted by Gasteiger charge is -2.39. The number of anilines is 1. The SMILES string of the molecule is Cc1ccc2c(c1)CCN(C(=O)[C@@H](NC(=O)[C@H](CCCC(=O)O)NC(=O)[C@@H]1Cc3ccccc3N1)C(C)C)[C@@H]2C(=O)N[C@H](C#N)CC(=O)O. The highest BCUT2D eigenvalue weighted by Crippen LogP contribution is 2.32. The van der Waals surface area contributed by atoms with E-state index in [9.17, 15) is 44.2 Å². The van der Waals surface area contributed by atoms with Crippen LogP contribution in [0.1, 0.15) is 67.8 Å². The number of amides is 4. The number of aliphatic carboxylic acids is 2. The first-order valence-electron chi connectivity index (χ1n) is 16.3. The Morgan fingerprint density at radius 1 is 0.980 bits per heavy atom. The van der Waals surface area contributed by atoms with Crippen molar-refractivity contribution in [1.29, 1.82) is 5.26 Å². The van der Waals surface area contributed by atoms with Crippen LogP contribution in [0, 0.1) is 24.2 Å². The lowest BCUT2D eigenvalue weighted by molar-refractivity contribution is -0.146. The maximum atomic E-state index is 14.3. The third kappa shape index (κ3) is 9.13. The number of fused-ring (bicyclic) bond motifs is 2. The minimum absolute atomic E-state index is 0.00312. The molecule has 2 aromatic rings. The van der Waals surface area contributed by atoms with Gasteiger partial charge in [0.25, 0.3) is 0 Å². The van der Waals surface area contributed by atoms with Gasteiger partial charge in [0.1, 0.15) is 30.2 Å². The van der Waals surface area contributed by atoms with Gasteiger partial charge >= 0.3 is 11.9 Å². The lowest BCUT2D eigenvalue weighted by atomic mass is 9.89. The molecule has 14 heteroatoms. The van der Waals surface area contributed by atoms with Crippen LogP contribution in [0.5, 0.6) is 0 Å². The molecule has 2 aliphatic rings. The molecular weight excluding hydrogens is 632 g/mol. The summed E-state index contributed by atoms with van der Waals surface area (Å²) in [4.78, 5) is 78.9. The van der Waals surface area contributed by atoms with Crippen LogP contribution in [-0.4, -0.2) is 81.4 Å². The first-order chi connectivity index (χ1) is 23.3. The van der Waals surface area contributed by atoms with Gasteiger partial charge in [-0.1, -0.05) is 55.8 Å². The van der Waals surface area contributed by atoms with E-state index >= 15 is 0 Å². The van der Waals surface area contributed by atoms with Crippen LogP contribution in [0.15, 0.2) is 42.5 Å². The van der Waals surface area contributed by atoms with Gasteiger partial charge in [-0.15, -0.1) is 0 Å². The summed E-state index contributed by atoms with van der Waals surface area (Å²) in [6.07, 6.45) is 0.0421. The Morgan fingerprint density at radius 3 is 2.37 bits per heavy atom. The monoisotopic (exact) mass is 674 g/mol. The molecule has 0 unspecified atom stereocenters. The van der Waals surface area contributed by atoms with Gasteiger partial charge in [0.05, 0.1) is 12.5 Å². The summed E-state index contributed by atoms with van der Waals surface area (Å²) in [6.45, 7) is 5.43. The van der Waals surface area contributed by atoms with Crippen LogP contribution in [0.3, 0.4) is 0 Å². The molecule has 5 atom stereocenters. The molecule has 260 valence electrons. The van der Waals surface area contributed by atoms with E-state index in [-0.39, 0.29) is 25.8 Å². The van der Waals surface area contributed by atoms with Crippen LogP contribution in [-0.2, 0) is 41.6 Å². The van der Waals surface area contributed by atoms with Crippen LogP contribution in [0.2, 0.25) is 0 Å². The molecule has 6 N–H and O–H groups in total. The maximum Gasteiger partial charge on any atom is 0.306 e. The Labute approximate surface area is 284 Å². The molecule has 0 aliphatic carbocycles. The third-order valence-electron chi connectivity index (χ3n) is 8.74. The Morgan fingerprint density at radius 2 is 1.71 bits per heavy atom. The van der Waals surface area contributed by atoms with E-state index < -0.39 is 78.1 Å². The van der Waals surface area contributed by atoms with E-state index in [0.717, 1.165) is 22.4 Å². The zero-order chi connectivity index (χ0) is 35.8. The number of hydrogen-bond acceptors (Lipinski definition) is 8. The second-order valence-corrected chi connectivity index (χ2v) is 12.8. The van der Waals surface area contributed by atoms with E-state index in [2.05, 4.69) is 21.3 Å². The lowest BCUT2D eigenvalue weighted by Crippen LogP contribution is -2.59. The summed E-state index contributed by atoms with van der Waals surface area (Å²) in [5.74, 6) is -5.25. The summed E-state index contributed by atoms with van der Waals surface area (Å²) in [5.41, 5.74) is 4.04. The smallest absolute Gasteiger partial charge is 0.306 e. The summed E-state index contributed by atoms with van der Waals surface area (Å²) in [5, 5.41) is 39.0. The minimum Gasteiger partial charge on any atom is -0.481 e. The average molecular weight is 675 g/mol. The van der Waals surface area contributed by atoms with Crippen molar-refractivity contribution in [3.05, 3.63) is 64.7 Å². The molecule has 49 heavy (non-hydrogen) atoms. The predicted molar refractivity (Wildman–Crippen MR) is 177 cm³/mol. The summed E-state index contributed by atoms with van der Waals surface area (Å²) in [6, 6.07) is 9.14. The summed E-state index contributed by atoms with van der Waals surface area (Å²) < 4.78 is 0. The molecule has 0 aromatic heterocycles. The Bertz CT molecular complexity index is 1630. The number of rotatable bonds is 14. The fourth-order valence-electron chi connectivity index (χ4n) is 6.23. The van der Waals surface area contributed by atoms with Crippen molar-refractivity contribution in [3.8, 4) is 6.07 Å². The number of carboxylic acid groups (broad SMARTS) is 2. The largest absolute Gasteiger partial charge is 0.481 e. The van der Waals surface area contributed by atoms with Gasteiger partial charge in [0.15, 0.2) is 0 Å². The topological polar surface area (TPSA) is 218 Å². The van der Waals surface area contributed by atoms with Crippen molar-refractivity contribution in [2.24, 2.45) is 5.92 Å². The van der Waals surface area contributed by atoms with Gasteiger partial charge in [-0.3, -0.25) is 28.8 Å². The van der Waals surface area contributed by atoms with Gasteiger partial charge in [-0.05, 0) is 54.9 Å². The fourth-order valence-corrected chi connectivity index (χ4v) is 6.23. The van der Waals surface area contributed by atoms with Crippen LogP contribution in [0.25, 0.3) is 0 Å². The quantitative estimate of drug-likeness (QED) is 0.171. The van der Waals surface area contributed by atoms with Gasteiger partial charge in [0.2, 0.25) is 23.6 Å². The highest BCUT2D eigenvalue weighted by molar-refractivity contribution is 5.96. The van der Waals surface area contributed by atoms with Crippen molar-refractivity contribution < 1.29 is 39.0 Å². The number of hydrogen-bond donors (Lipinski definition) is 6. The van der Waals surface area contributed by atoms with Crippen molar-refractivity contribution in [2.75, 3.05) is 11.9 Å². The molecule has 2 heterocycles. The number of nitrogens with one attached hydrogen (secondary N) is 4. The molecule has 0 fully saturated rings. The molecular formula is C35H42N6O8. The number of carbonyl (C=O) groups is 6. The van der Waals surface area contributed by atoms with Crippen molar-refractivity contribution >= 4 is 41.3 Å². The normalized spacial score (nSPS) is 18.1. The Balaban J connectivity index is 1.56. The maximum absolute atomic E-state index is 14.3. The second kappa shape index (κ2) is 16.1. The molecule has 0 radical (unpaired) electrons. The van der Waals surface area contributed by atoms with Gasteiger partial charge in [0, 0.05) is 25.1 Å². The van der Waals surface area contributed by atoms with Crippen LogP contribution >= 0.6 is 0 Å². The highest BCUT2D eigenvalue weighted by atomic mass is 16.4. The van der Waals surface area contributed by atoms with Gasteiger partial charge in [-0.25, -0.2) is 0 Å². The number of para-hydroxylation sites is 1. The van der Waals surface area contributed by atoms with E-state index in [1.807, 2.05) is 37.3 Å². The van der Waals surface area contributed by atoms with E-state index in [0.29, 0.717) is 18.4 Å². The minimum atomic E-state index is -1.34. The second-order valence-electron chi connectivity index (χ2n) is 12.8. The van der Waals surface area contributed by atoms with E-state index in [1.165, 1.54) is 4.90 Å². The van der Waals surface area contributed by atoms with E-state index in [4.69, 9.17) is 0 Å². The number of nitrogens with zero attached hydrogens (tertiary/aromatic N) is 2. The fraction of sp³-hybridized carbons (Fsp3) is 0.457.